The number of hydrazone groups is 1. The molecule has 1 aliphatic carbocycles. The van der Waals surface area contributed by atoms with Gasteiger partial charge in [0.05, 0.1) is 0 Å². The number of aryl methyl sites for hydroxylation is 3. The van der Waals surface area contributed by atoms with Crippen LogP contribution >= 0.6 is 11.8 Å². The van der Waals surface area contributed by atoms with E-state index in [2.05, 4.69) is 36.4 Å². The van der Waals surface area contributed by atoms with E-state index in [1.807, 2.05) is 0 Å². The Bertz CT molecular complexity index is 744. The van der Waals surface area contributed by atoms with Gasteiger partial charge < -0.3 is 5.32 Å². The van der Waals surface area contributed by atoms with Crippen molar-refractivity contribution in [2.75, 3.05) is 0 Å². The maximum absolute atomic E-state index is 12.3. The van der Waals surface area contributed by atoms with E-state index in [0.717, 1.165) is 31.2 Å². The Morgan fingerprint density at radius 1 is 1.21 bits per heavy atom. The molecule has 3 rings (SSSR count). The van der Waals surface area contributed by atoms with Crippen LogP contribution in [0.4, 0.5) is 0 Å². The van der Waals surface area contributed by atoms with Crippen LogP contribution in [0.1, 0.15) is 55.4 Å². The molecule has 24 heavy (non-hydrogen) atoms. The molecule has 6 heteroatoms. The van der Waals surface area contributed by atoms with Gasteiger partial charge in [-0.1, -0.05) is 23.9 Å². The summed E-state index contributed by atoms with van der Waals surface area (Å²) in [6.07, 6.45) is 3.96. The average molecular weight is 345 g/mol. The minimum absolute atomic E-state index is 0.103. The molecule has 0 saturated carbocycles. The zero-order chi connectivity index (χ0) is 17.5. The molecular formula is C18H23N3O2S. The smallest absolute Gasteiger partial charge is 0.241 e. The number of hydrogen-bond acceptors (Lipinski definition) is 4. The van der Waals surface area contributed by atoms with E-state index in [1.54, 1.807) is 5.01 Å². The lowest BCUT2D eigenvalue weighted by Crippen LogP contribution is -2.40. The van der Waals surface area contributed by atoms with Crippen LogP contribution in [0.5, 0.6) is 0 Å². The highest BCUT2D eigenvalue weighted by Gasteiger charge is 2.49. The van der Waals surface area contributed by atoms with Crippen molar-refractivity contribution in [3.8, 4) is 0 Å². The molecule has 1 aromatic carbocycles. The van der Waals surface area contributed by atoms with Crippen molar-refractivity contribution >= 4 is 28.7 Å². The Kier molecular flexibility index (Phi) is 4.42. The molecule has 1 spiro atoms. The van der Waals surface area contributed by atoms with Crippen molar-refractivity contribution in [2.45, 2.75) is 58.2 Å². The van der Waals surface area contributed by atoms with Crippen LogP contribution in [-0.2, 0) is 20.9 Å². The molecule has 2 aliphatic rings. The first-order valence-electron chi connectivity index (χ1n) is 8.30. The van der Waals surface area contributed by atoms with Crippen LogP contribution < -0.4 is 5.32 Å². The molecule has 2 amide bonds. The Balaban J connectivity index is 2.14. The van der Waals surface area contributed by atoms with Crippen molar-refractivity contribution in [1.29, 1.82) is 0 Å². The zero-order valence-corrected chi connectivity index (χ0v) is 15.4. The number of rotatable bonds is 0. The molecule has 1 N–H and O–H groups in total. The summed E-state index contributed by atoms with van der Waals surface area (Å²) in [7, 11) is 0. The molecule has 1 atom stereocenters. The van der Waals surface area contributed by atoms with Crippen molar-refractivity contribution < 1.29 is 9.59 Å². The summed E-state index contributed by atoms with van der Waals surface area (Å²) in [6, 6.07) is 4.44. The number of carbonyl (C=O) groups is 2. The number of nitrogens with one attached hydrogen (secondary N) is 1. The SMILES string of the molecule is CC(=O)NC1=NN(C(C)=O)C2(CCCCc3cc(C)c(C)cc32)S1. The standard InChI is InChI=1S/C18H23N3O2S/c1-11-9-15-7-5-6-8-18(16(15)10-12(11)2)21(14(4)23)20-17(24-18)19-13(3)22/h9-10H,5-8H2,1-4H3,(H,19,20,22). The second kappa shape index (κ2) is 6.24. The lowest BCUT2D eigenvalue weighted by Gasteiger charge is -2.35. The molecule has 5 nitrogen and oxygen atoms in total. The molecule has 0 radical (unpaired) electrons. The Morgan fingerprint density at radius 2 is 1.92 bits per heavy atom. The number of amides is 2. The summed E-state index contributed by atoms with van der Waals surface area (Å²) in [4.78, 5) is 23.2. The van der Waals surface area contributed by atoms with Crippen LogP contribution in [0.25, 0.3) is 0 Å². The number of amidine groups is 1. The molecular weight excluding hydrogens is 322 g/mol. The number of carbonyl (C=O) groups excluding carboxylic acids is 2. The zero-order valence-electron chi connectivity index (χ0n) is 14.6. The van der Waals surface area contributed by atoms with Crippen LogP contribution in [0, 0.1) is 13.8 Å². The second-order valence-corrected chi connectivity index (χ2v) is 7.87. The van der Waals surface area contributed by atoms with Crippen LogP contribution in [0.3, 0.4) is 0 Å². The number of nitrogens with zero attached hydrogens (tertiary/aromatic N) is 2. The highest BCUT2D eigenvalue weighted by Crippen LogP contribution is 2.51. The van der Waals surface area contributed by atoms with E-state index in [9.17, 15) is 9.59 Å². The lowest BCUT2D eigenvalue weighted by atomic mass is 9.93. The number of fused-ring (bicyclic) bond motifs is 2. The number of thioether (sulfide) groups is 1. The monoisotopic (exact) mass is 345 g/mol. The van der Waals surface area contributed by atoms with Crippen LogP contribution in [0.15, 0.2) is 17.2 Å². The van der Waals surface area contributed by atoms with E-state index in [1.165, 1.54) is 42.3 Å². The molecule has 1 heterocycles. The Labute approximate surface area is 146 Å². The predicted molar refractivity (Wildman–Crippen MR) is 96.5 cm³/mol. The Morgan fingerprint density at radius 3 is 2.58 bits per heavy atom. The summed E-state index contributed by atoms with van der Waals surface area (Å²) in [5.41, 5.74) is 4.93. The van der Waals surface area contributed by atoms with Gasteiger partial charge in [0, 0.05) is 13.8 Å². The first kappa shape index (κ1) is 17.0. The van der Waals surface area contributed by atoms with E-state index < -0.39 is 4.87 Å². The summed E-state index contributed by atoms with van der Waals surface area (Å²) in [6.45, 7) is 7.22. The summed E-state index contributed by atoms with van der Waals surface area (Å²) < 4.78 is 0. The molecule has 1 aromatic rings. The van der Waals surface area contributed by atoms with Gasteiger partial charge in [0.25, 0.3) is 0 Å². The first-order valence-corrected chi connectivity index (χ1v) is 9.12. The van der Waals surface area contributed by atoms with Gasteiger partial charge in [-0.3, -0.25) is 9.59 Å². The highest BCUT2D eigenvalue weighted by atomic mass is 32.2. The Hall–Kier alpha value is -1.82. The maximum atomic E-state index is 12.3. The summed E-state index contributed by atoms with van der Waals surface area (Å²) in [5.74, 6) is -0.273. The predicted octanol–water partition coefficient (Wildman–Crippen LogP) is 3.19. The summed E-state index contributed by atoms with van der Waals surface area (Å²) in [5, 5.41) is 9.26. The van der Waals surface area contributed by atoms with Gasteiger partial charge >= 0.3 is 0 Å². The van der Waals surface area contributed by atoms with Crippen LogP contribution in [0.2, 0.25) is 0 Å². The fourth-order valence-corrected chi connectivity index (χ4v) is 4.95. The topological polar surface area (TPSA) is 61.8 Å². The second-order valence-electron chi connectivity index (χ2n) is 6.60. The molecule has 1 aliphatic heterocycles. The third-order valence-corrected chi connectivity index (χ3v) is 6.04. The average Bonchev–Trinajstić information content (AvgIpc) is 2.76. The molecule has 0 fully saturated rings. The van der Waals surface area contributed by atoms with Crippen molar-refractivity contribution in [3.05, 3.63) is 34.4 Å². The van der Waals surface area contributed by atoms with Crippen molar-refractivity contribution in [3.63, 3.8) is 0 Å². The van der Waals surface area contributed by atoms with Gasteiger partial charge in [0.2, 0.25) is 11.8 Å². The molecule has 0 saturated heterocycles. The van der Waals surface area contributed by atoms with Crippen molar-refractivity contribution in [1.82, 2.24) is 10.3 Å². The van der Waals surface area contributed by atoms with E-state index in [0.29, 0.717) is 5.17 Å². The number of hydrogen-bond donors (Lipinski definition) is 1. The van der Waals surface area contributed by atoms with Gasteiger partial charge in [-0.15, -0.1) is 5.10 Å². The first-order chi connectivity index (χ1) is 11.3. The fourth-order valence-electron chi connectivity index (χ4n) is 3.51. The fraction of sp³-hybridized carbons (Fsp3) is 0.500. The summed E-state index contributed by atoms with van der Waals surface area (Å²) >= 11 is 1.49. The van der Waals surface area contributed by atoms with Crippen LogP contribution in [-0.4, -0.2) is 22.0 Å². The maximum Gasteiger partial charge on any atom is 0.241 e. The minimum Gasteiger partial charge on any atom is -0.304 e. The van der Waals surface area contributed by atoms with Crippen molar-refractivity contribution in [2.24, 2.45) is 5.10 Å². The minimum atomic E-state index is -0.548. The van der Waals surface area contributed by atoms with Gasteiger partial charge in [0.15, 0.2) is 5.17 Å². The van der Waals surface area contributed by atoms with Gasteiger partial charge in [-0.2, -0.15) is 0 Å². The van der Waals surface area contributed by atoms with Gasteiger partial charge in [-0.05, 0) is 61.8 Å². The normalized spacial score (nSPS) is 22.8. The molecule has 0 bridgehead atoms. The molecule has 1 unspecified atom stereocenters. The third kappa shape index (κ3) is 2.83. The molecule has 128 valence electrons. The largest absolute Gasteiger partial charge is 0.304 e. The van der Waals surface area contributed by atoms with E-state index in [-0.39, 0.29) is 11.8 Å². The third-order valence-electron chi connectivity index (χ3n) is 4.73. The number of benzene rings is 1. The van der Waals surface area contributed by atoms with E-state index >= 15 is 0 Å². The van der Waals surface area contributed by atoms with E-state index in [4.69, 9.17) is 0 Å². The highest BCUT2D eigenvalue weighted by molar-refractivity contribution is 8.14. The van der Waals surface area contributed by atoms with Gasteiger partial charge in [0.1, 0.15) is 4.87 Å². The quantitative estimate of drug-likeness (QED) is 0.785. The van der Waals surface area contributed by atoms with Gasteiger partial charge in [-0.25, -0.2) is 5.01 Å². The molecule has 0 aromatic heterocycles. The lowest BCUT2D eigenvalue weighted by molar-refractivity contribution is -0.132.